The van der Waals surface area contributed by atoms with Gasteiger partial charge in [0.25, 0.3) is 0 Å². The third kappa shape index (κ3) is 2.08. The summed E-state index contributed by atoms with van der Waals surface area (Å²) in [5.41, 5.74) is 2.41. The minimum absolute atomic E-state index is 0.287. The summed E-state index contributed by atoms with van der Waals surface area (Å²) in [4.78, 5) is 4.33. The summed E-state index contributed by atoms with van der Waals surface area (Å²) >= 11 is 0. The van der Waals surface area contributed by atoms with Gasteiger partial charge in [0, 0.05) is 37.4 Å². The number of nitrogens with zero attached hydrogens (tertiary/aromatic N) is 3. The number of imidazole rings is 1. The molecule has 1 aliphatic carbocycles. The van der Waals surface area contributed by atoms with Crippen molar-refractivity contribution in [1.82, 2.24) is 14.1 Å². The van der Waals surface area contributed by atoms with E-state index in [4.69, 9.17) is 0 Å². The lowest BCUT2D eigenvalue weighted by Crippen LogP contribution is -2.04. The second-order valence-corrected chi connectivity index (χ2v) is 5.13. The first kappa shape index (κ1) is 11.5. The molecule has 3 rings (SSSR count). The lowest BCUT2D eigenvalue weighted by atomic mass is 10.1. The Morgan fingerprint density at radius 2 is 2.28 bits per heavy atom. The zero-order chi connectivity index (χ0) is 12.5. The van der Waals surface area contributed by atoms with Gasteiger partial charge in [-0.05, 0) is 24.8 Å². The Morgan fingerprint density at radius 1 is 1.39 bits per heavy atom. The molecule has 2 aromatic rings. The second-order valence-electron chi connectivity index (χ2n) is 5.13. The molecule has 0 saturated heterocycles. The van der Waals surface area contributed by atoms with E-state index in [0.717, 1.165) is 37.2 Å². The van der Waals surface area contributed by atoms with Crippen LogP contribution >= 0.6 is 0 Å². The highest BCUT2D eigenvalue weighted by molar-refractivity contribution is 5.28. The van der Waals surface area contributed by atoms with Crippen molar-refractivity contribution in [3.05, 3.63) is 41.7 Å². The lowest BCUT2D eigenvalue weighted by molar-refractivity contribution is 0.166. The summed E-state index contributed by atoms with van der Waals surface area (Å²) in [6, 6.07) is 0. The van der Waals surface area contributed by atoms with Crippen LogP contribution in [0, 0.1) is 0 Å². The van der Waals surface area contributed by atoms with Crippen LogP contribution in [0.2, 0.25) is 0 Å². The maximum Gasteiger partial charge on any atom is 0.128 e. The van der Waals surface area contributed by atoms with Crippen LogP contribution < -0.4 is 0 Å². The van der Waals surface area contributed by atoms with Crippen LogP contribution in [0.5, 0.6) is 0 Å². The normalized spacial score (nSPS) is 19.6. The molecular weight excluding hydrogens is 226 g/mol. The fourth-order valence-electron chi connectivity index (χ4n) is 2.69. The van der Waals surface area contributed by atoms with Crippen LogP contribution in [0.4, 0.5) is 0 Å². The minimum Gasteiger partial charge on any atom is -0.388 e. The highest BCUT2D eigenvalue weighted by atomic mass is 16.3. The average molecular weight is 245 g/mol. The number of aryl methyl sites for hydroxylation is 2. The Bertz CT molecular complexity index is 541. The van der Waals surface area contributed by atoms with E-state index in [0.29, 0.717) is 0 Å². The molecule has 1 aliphatic rings. The maximum atomic E-state index is 10.1. The molecule has 1 atom stereocenters. The van der Waals surface area contributed by atoms with E-state index in [2.05, 4.69) is 21.9 Å². The van der Waals surface area contributed by atoms with Gasteiger partial charge >= 0.3 is 0 Å². The molecule has 0 aliphatic heterocycles. The molecule has 0 radical (unpaired) electrons. The number of hydrogen-bond acceptors (Lipinski definition) is 2. The van der Waals surface area contributed by atoms with Crippen molar-refractivity contribution in [1.29, 1.82) is 0 Å². The molecule has 96 valence electrons. The molecule has 2 heterocycles. The predicted octanol–water partition coefficient (Wildman–Crippen LogP) is 2.03. The van der Waals surface area contributed by atoms with Crippen LogP contribution in [0.3, 0.4) is 0 Å². The van der Waals surface area contributed by atoms with Crippen LogP contribution in [-0.2, 0) is 20.0 Å². The van der Waals surface area contributed by atoms with E-state index >= 15 is 0 Å². The van der Waals surface area contributed by atoms with E-state index < -0.39 is 0 Å². The fraction of sp³-hybridized carbons (Fsp3) is 0.500. The Labute approximate surface area is 107 Å². The molecule has 18 heavy (non-hydrogen) atoms. The van der Waals surface area contributed by atoms with Gasteiger partial charge in [-0.1, -0.05) is 6.42 Å². The van der Waals surface area contributed by atoms with Crippen molar-refractivity contribution in [3.8, 4) is 0 Å². The van der Waals surface area contributed by atoms with Crippen molar-refractivity contribution in [2.45, 2.75) is 38.3 Å². The Balaban J connectivity index is 1.87. The number of hydrogen-bond donors (Lipinski definition) is 1. The number of aliphatic hydroxyl groups excluding tert-OH is 1. The summed E-state index contributed by atoms with van der Waals surface area (Å²) < 4.78 is 4.17. The van der Waals surface area contributed by atoms with Crippen molar-refractivity contribution >= 4 is 0 Å². The molecule has 1 unspecified atom stereocenters. The number of aliphatic hydroxyl groups is 1. The summed E-state index contributed by atoms with van der Waals surface area (Å²) in [6.07, 6.45) is 12.0. The van der Waals surface area contributed by atoms with Crippen molar-refractivity contribution in [2.24, 2.45) is 7.05 Å². The van der Waals surface area contributed by atoms with Crippen LogP contribution in [0.25, 0.3) is 0 Å². The molecule has 2 aromatic heterocycles. The summed E-state index contributed by atoms with van der Waals surface area (Å²) in [6.45, 7) is 0.767. The monoisotopic (exact) mass is 245 g/mol. The van der Waals surface area contributed by atoms with Crippen LogP contribution in [0.1, 0.15) is 42.3 Å². The van der Waals surface area contributed by atoms with Gasteiger partial charge < -0.3 is 14.2 Å². The van der Waals surface area contributed by atoms with E-state index in [9.17, 15) is 5.11 Å². The maximum absolute atomic E-state index is 10.1. The molecule has 0 bridgehead atoms. The van der Waals surface area contributed by atoms with Gasteiger partial charge in [0.2, 0.25) is 0 Å². The highest BCUT2D eigenvalue weighted by Gasteiger charge is 2.18. The zero-order valence-corrected chi connectivity index (χ0v) is 10.7. The van der Waals surface area contributed by atoms with Crippen molar-refractivity contribution < 1.29 is 5.11 Å². The molecule has 4 nitrogen and oxygen atoms in total. The largest absolute Gasteiger partial charge is 0.388 e. The molecule has 0 spiro atoms. The van der Waals surface area contributed by atoms with E-state index in [1.165, 1.54) is 12.0 Å². The van der Waals surface area contributed by atoms with Crippen molar-refractivity contribution in [2.75, 3.05) is 0 Å². The van der Waals surface area contributed by atoms with Gasteiger partial charge in [0.15, 0.2) is 0 Å². The summed E-state index contributed by atoms with van der Waals surface area (Å²) in [5.74, 6) is 1.04. The van der Waals surface area contributed by atoms with E-state index in [-0.39, 0.29) is 6.10 Å². The molecule has 0 amide bonds. The van der Waals surface area contributed by atoms with Crippen LogP contribution in [-0.4, -0.2) is 19.2 Å². The topological polar surface area (TPSA) is 43.0 Å². The van der Waals surface area contributed by atoms with Gasteiger partial charge in [0.05, 0.1) is 12.6 Å². The molecule has 0 aromatic carbocycles. The lowest BCUT2D eigenvalue weighted by Gasteiger charge is -2.06. The number of fused-ring (bicyclic) bond motifs is 1. The SMILES string of the molecule is Cn1ccnc1Cn1cc2c(c1)C(O)CCCC2. The molecule has 0 fully saturated rings. The highest BCUT2D eigenvalue weighted by Crippen LogP contribution is 2.29. The summed E-state index contributed by atoms with van der Waals surface area (Å²) in [7, 11) is 2.01. The first-order chi connectivity index (χ1) is 8.74. The van der Waals surface area contributed by atoms with Gasteiger partial charge in [-0.3, -0.25) is 0 Å². The summed E-state index contributed by atoms with van der Waals surface area (Å²) in [5, 5.41) is 10.1. The molecule has 4 heteroatoms. The fourth-order valence-corrected chi connectivity index (χ4v) is 2.69. The Kier molecular flexibility index (Phi) is 2.96. The first-order valence-corrected chi connectivity index (χ1v) is 6.57. The third-order valence-electron chi connectivity index (χ3n) is 3.77. The Hall–Kier alpha value is -1.55. The minimum atomic E-state index is -0.287. The number of aromatic nitrogens is 3. The number of rotatable bonds is 2. The standard InChI is InChI=1S/C14H19N3O/c1-16-7-6-15-14(16)10-17-8-11-4-2-3-5-13(18)12(11)9-17/h6-9,13,18H,2-5,10H2,1H3. The van der Waals surface area contributed by atoms with Gasteiger partial charge in [0.1, 0.15) is 5.82 Å². The van der Waals surface area contributed by atoms with Crippen LogP contribution in [0.15, 0.2) is 24.8 Å². The van der Waals surface area contributed by atoms with E-state index in [1.807, 2.05) is 24.0 Å². The van der Waals surface area contributed by atoms with Gasteiger partial charge in [-0.15, -0.1) is 0 Å². The molecular formula is C14H19N3O. The quantitative estimate of drug-likeness (QED) is 0.823. The van der Waals surface area contributed by atoms with Gasteiger partial charge in [-0.2, -0.15) is 0 Å². The predicted molar refractivity (Wildman–Crippen MR) is 69.3 cm³/mol. The zero-order valence-electron chi connectivity index (χ0n) is 10.7. The smallest absolute Gasteiger partial charge is 0.128 e. The van der Waals surface area contributed by atoms with Gasteiger partial charge in [-0.25, -0.2) is 4.98 Å². The van der Waals surface area contributed by atoms with E-state index in [1.54, 1.807) is 0 Å². The molecule has 0 saturated carbocycles. The second kappa shape index (κ2) is 4.61. The first-order valence-electron chi connectivity index (χ1n) is 6.57. The molecule has 1 N–H and O–H groups in total. The Morgan fingerprint density at radius 3 is 3.06 bits per heavy atom. The third-order valence-corrected chi connectivity index (χ3v) is 3.77. The van der Waals surface area contributed by atoms with Crippen molar-refractivity contribution in [3.63, 3.8) is 0 Å². The average Bonchev–Trinajstić information content (AvgIpc) is 2.89.